The molecule has 2 fully saturated rings. The number of carbonyl (C=O) groups is 2. The van der Waals surface area contributed by atoms with Gasteiger partial charge in [0.05, 0.1) is 7.11 Å². The molecule has 1 aromatic rings. The number of methoxy groups -OCH3 is 1. The topological polar surface area (TPSA) is 55.8 Å². The molecular formula is C20H26FNO4. The SMILES string of the molecule is COC(=O)C1CC2CCCCC2N1C(=O)C(C)(C)Oc1ccc(F)cc1. The molecule has 1 amide bonds. The minimum atomic E-state index is -1.17. The van der Waals surface area contributed by atoms with Crippen LogP contribution in [0.4, 0.5) is 4.39 Å². The number of esters is 1. The van der Waals surface area contributed by atoms with E-state index in [-0.39, 0.29) is 23.7 Å². The third-order valence-corrected chi connectivity index (χ3v) is 5.50. The Labute approximate surface area is 153 Å². The first kappa shape index (κ1) is 18.7. The lowest BCUT2D eigenvalue weighted by Gasteiger charge is -2.38. The van der Waals surface area contributed by atoms with Gasteiger partial charge in [-0.1, -0.05) is 12.8 Å². The number of fused-ring (bicyclic) bond motifs is 1. The van der Waals surface area contributed by atoms with E-state index < -0.39 is 11.6 Å². The van der Waals surface area contributed by atoms with Crippen LogP contribution in [0, 0.1) is 11.7 Å². The number of amides is 1. The molecule has 26 heavy (non-hydrogen) atoms. The van der Waals surface area contributed by atoms with Gasteiger partial charge in [0.15, 0.2) is 5.60 Å². The van der Waals surface area contributed by atoms with Crippen molar-refractivity contribution in [1.29, 1.82) is 0 Å². The van der Waals surface area contributed by atoms with Crippen LogP contribution < -0.4 is 4.74 Å². The summed E-state index contributed by atoms with van der Waals surface area (Å²) >= 11 is 0. The van der Waals surface area contributed by atoms with Crippen molar-refractivity contribution >= 4 is 11.9 Å². The van der Waals surface area contributed by atoms with Crippen LogP contribution in [0.2, 0.25) is 0 Å². The van der Waals surface area contributed by atoms with Crippen LogP contribution in [0.15, 0.2) is 24.3 Å². The van der Waals surface area contributed by atoms with Crippen molar-refractivity contribution in [3.63, 3.8) is 0 Å². The highest BCUT2D eigenvalue weighted by Crippen LogP contribution is 2.41. The summed E-state index contributed by atoms with van der Waals surface area (Å²) in [4.78, 5) is 27.3. The fraction of sp³-hybridized carbons (Fsp3) is 0.600. The number of nitrogens with zero attached hydrogens (tertiary/aromatic N) is 1. The minimum Gasteiger partial charge on any atom is -0.478 e. The molecule has 0 N–H and O–H groups in total. The van der Waals surface area contributed by atoms with E-state index in [0.717, 1.165) is 25.7 Å². The second-order valence-corrected chi connectivity index (χ2v) is 7.67. The van der Waals surface area contributed by atoms with Gasteiger partial charge < -0.3 is 14.4 Å². The van der Waals surface area contributed by atoms with Gasteiger partial charge in [-0.05, 0) is 63.3 Å². The number of likely N-dealkylation sites (tertiary alicyclic amines) is 1. The molecule has 3 rings (SSSR count). The molecule has 2 aliphatic rings. The number of halogens is 1. The van der Waals surface area contributed by atoms with Crippen LogP contribution in [0.3, 0.4) is 0 Å². The second-order valence-electron chi connectivity index (χ2n) is 7.67. The van der Waals surface area contributed by atoms with Gasteiger partial charge in [0, 0.05) is 6.04 Å². The Morgan fingerprint density at radius 2 is 1.81 bits per heavy atom. The van der Waals surface area contributed by atoms with Gasteiger partial charge in [-0.3, -0.25) is 4.79 Å². The lowest BCUT2D eigenvalue weighted by Crippen LogP contribution is -2.55. The van der Waals surface area contributed by atoms with Crippen molar-refractivity contribution < 1.29 is 23.5 Å². The number of hydrogen-bond acceptors (Lipinski definition) is 4. The summed E-state index contributed by atoms with van der Waals surface area (Å²) in [6.07, 6.45) is 4.76. The Kier molecular flexibility index (Phi) is 5.21. The van der Waals surface area contributed by atoms with Crippen molar-refractivity contribution in [1.82, 2.24) is 4.90 Å². The number of carbonyl (C=O) groups excluding carboxylic acids is 2. The third-order valence-electron chi connectivity index (χ3n) is 5.50. The van der Waals surface area contributed by atoms with E-state index in [9.17, 15) is 14.0 Å². The maximum atomic E-state index is 13.3. The Morgan fingerprint density at radius 1 is 1.15 bits per heavy atom. The van der Waals surface area contributed by atoms with Crippen molar-refractivity contribution in [3.05, 3.63) is 30.1 Å². The zero-order valence-corrected chi connectivity index (χ0v) is 15.5. The summed E-state index contributed by atoms with van der Waals surface area (Å²) in [5.74, 6) is -0.217. The first-order valence-corrected chi connectivity index (χ1v) is 9.18. The maximum absolute atomic E-state index is 13.3. The molecule has 1 saturated heterocycles. The summed E-state index contributed by atoms with van der Waals surface area (Å²) < 4.78 is 23.9. The first-order chi connectivity index (χ1) is 12.3. The minimum absolute atomic E-state index is 0.0523. The molecule has 3 unspecified atom stereocenters. The molecule has 1 aliphatic carbocycles. The number of benzene rings is 1. The molecule has 0 radical (unpaired) electrons. The van der Waals surface area contributed by atoms with Crippen LogP contribution in [-0.2, 0) is 14.3 Å². The van der Waals surface area contributed by atoms with Crippen LogP contribution >= 0.6 is 0 Å². The fourth-order valence-electron chi connectivity index (χ4n) is 4.25. The number of rotatable bonds is 4. The largest absolute Gasteiger partial charge is 0.478 e. The number of hydrogen-bond donors (Lipinski definition) is 0. The smallest absolute Gasteiger partial charge is 0.328 e. The van der Waals surface area contributed by atoms with E-state index in [4.69, 9.17) is 9.47 Å². The van der Waals surface area contributed by atoms with Crippen molar-refractivity contribution in [2.24, 2.45) is 5.92 Å². The lowest BCUT2D eigenvalue weighted by atomic mass is 9.84. The zero-order chi connectivity index (χ0) is 18.9. The highest BCUT2D eigenvalue weighted by Gasteiger charge is 2.51. The Balaban J connectivity index is 1.83. The zero-order valence-electron chi connectivity index (χ0n) is 15.5. The first-order valence-electron chi connectivity index (χ1n) is 9.18. The Bertz CT molecular complexity index is 673. The normalized spacial score (nSPS) is 25.5. The van der Waals surface area contributed by atoms with E-state index in [0.29, 0.717) is 18.1 Å². The van der Waals surface area contributed by atoms with Crippen LogP contribution in [0.1, 0.15) is 46.0 Å². The van der Waals surface area contributed by atoms with Gasteiger partial charge in [-0.15, -0.1) is 0 Å². The molecule has 3 atom stereocenters. The molecule has 6 heteroatoms. The van der Waals surface area contributed by atoms with Crippen LogP contribution in [0.5, 0.6) is 5.75 Å². The fourth-order valence-corrected chi connectivity index (χ4v) is 4.25. The molecule has 1 heterocycles. The number of ether oxygens (including phenoxy) is 2. The average molecular weight is 363 g/mol. The lowest BCUT2D eigenvalue weighted by molar-refractivity contribution is -0.159. The summed E-state index contributed by atoms with van der Waals surface area (Å²) in [5, 5.41) is 0. The summed E-state index contributed by atoms with van der Waals surface area (Å²) in [7, 11) is 1.35. The summed E-state index contributed by atoms with van der Waals surface area (Å²) in [6.45, 7) is 3.37. The molecule has 142 valence electrons. The van der Waals surface area contributed by atoms with Gasteiger partial charge in [-0.25, -0.2) is 9.18 Å². The molecule has 1 aromatic carbocycles. The molecule has 1 saturated carbocycles. The molecule has 5 nitrogen and oxygen atoms in total. The predicted molar refractivity (Wildman–Crippen MR) is 94.1 cm³/mol. The maximum Gasteiger partial charge on any atom is 0.328 e. The Morgan fingerprint density at radius 3 is 2.46 bits per heavy atom. The molecule has 0 bridgehead atoms. The monoisotopic (exact) mass is 363 g/mol. The highest BCUT2D eigenvalue weighted by atomic mass is 19.1. The van der Waals surface area contributed by atoms with Crippen LogP contribution in [0.25, 0.3) is 0 Å². The van der Waals surface area contributed by atoms with Crippen molar-refractivity contribution in [2.75, 3.05) is 7.11 Å². The van der Waals surface area contributed by atoms with Gasteiger partial charge in [0.2, 0.25) is 0 Å². The van der Waals surface area contributed by atoms with Gasteiger partial charge in [0.1, 0.15) is 17.6 Å². The molecule has 0 spiro atoms. The predicted octanol–water partition coefficient (Wildman–Crippen LogP) is 3.32. The van der Waals surface area contributed by atoms with E-state index >= 15 is 0 Å². The van der Waals surface area contributed by atoms with Crippen molar-refractivity contribution in [2.45, 2.75) is 63.6 Å². The van der Waals surface area contributed by atoms with E-state index in [1.54, 1.807) is 18.7 Å². The quantitative estimate of drug-likeness (QED) is 0.770. The summed E-state index contributed by atoms with van der Waals surface area (Å²) in [6, 6.07) is 5.07. The Hall–Kier alpha value is -2.11. The van der Waals surface area contributed by atoms with Gasteiger partial charge >= 0.3 is 5.97 Å². The third kappa shape index (κ3) is 3.55. The van der Waals surface area contributed by atoms with Crippen molar-refractivity contribution in [3.8, 4) is 5.75 Å². The molecule has 0 aromatic heterocycles. The molecular weight excluding hydrogens is 337 g/mol. The van der Waals surface area contributed by atoms with Gasteiger partial charge in [-0.2, -0.15) is 0 Å². The second kappa shape index (κ2) is 7.25. The van der Waals surface area contributed by atoms with E-state index in [1.807, 2.05) is 0 Å². The average Bonchev–Trinajstić information content (AvgIpc) is 3.01. The van der Waals surface area contributed by atoms with E-state index in [1.165, 1.54) is 31.4 Å². The standard InChI is InChI=1S/C20H26FNO4/c1-20(2,26-15-10-8-14(21)9-11-15)19(24)22-16-7-5-4-6-13(16)12-17(22)18(23)25-3/h8-11,13,16-17H,4-7,12H2,1-3H3. The summed E-state index contributed by atoms with van der Waals surface area (Å²) in [5.41, 5.74) is -1.17. The molecule has 1 aliphatic heterocycles. The van der Waals surface area contributed by atoms with Crippen LogP contribution in [-0.4, -0.2) is 41.6 Å². The highest BCUT2D eigenvalue weighted by molar-refractivity contribution is 5.90. The van der Waals surface area contributed by atoms with Gasteiger partial charge in [0.25, 0.3) is 5.91 Å². The van der Waals surface area contributed by atoms with E-state index in [2.05, 4.69) is 0 Å².